The highest BCUT2D eigenvalue weighted by Gasteiger charge is 2.39. The molecule has 276 valence electrons. The van der Waals surface area contributed by atoms with Crippen LogP contribution in [-0.2, 0) is 12.0 Å². The van der Waals surface area contributed by atoms with Crippen LogP contribution in [0.5, 0.6) is 0 Å². The third kappa shape index (κ3) is 21.1. The lowest BCUT2D eigenvalue weighted by molar-refractivity contribution is -0.945. The molecule has 0 saturated carbocycles. The molecule has 1 aromatic carbocycles. The van der Waals surface area contributed by atoms with Gasteiger partial charge in [0, 0.05) is 5.56 Å². The minimum atomic E-state index is 0.130. The Hall–Kier alpha value is -0.820. The Bertz CT molecular complexity index is 820. The van der Waals surface area contributed by atoms with E-state index < -0.39 is 0 Å². The van der Waals surface area contributed by atoms with Gasteiger partial charge in [-0.1, -0.05) is 205 Å². The predicted octanol–water partition coefficient (Wildman–Crippen LogP) is 15.6. The Morgan fingerprint density at radius 3 is 1.13 bits per heavy atom. The van der Waals surface area contributed by atoms with E-state index in [4.69, 9.17) is 0 Å². The summed E-state index contributed by atoms with van der Waals surface area (Å²) >= 11 is 0. The van der Waals surface area contributed by atoms with E-state index in [1.165, 1.54) is 206 Å². The van der Waals surface area contributed by atoms with Crippen LogP contribution in [0.3, 0.4) is 0 Å². The normalized spacial score (nSPS) is 12.3. The third-order valence-electron chi connectivity index (χ3n) is 12.0. The molecule has 0 aliphatic carbocycles. The zero-order valence-corrected chi connectivity index (χ0v) is 33.8. The summed E-state index contributed by atoms with van der Waals surface area (Å²) in [6.45, 7) is 13.3. The Kier molecular flexibility index (Phi) is 27.2. The quantitative estimate of drug-likeness (QED) is 0.0512. The largest absolute Gasteiger partial charge is 0.320 e. The maximum atomic E-state index is 2.50. The molecule has 1 heteroatoms. The highest BCUT2D eigenvalue weighted by atomic mass is 15.4. The summed E-state index contributed by atoms with van der Waals surface area (Å²) in [5.74, 6) is 0. The Balaban J connectivity index is 2.19. The number of rotatable bonds is 34. The fraction of sp³-hybridized carbons (Fsp3) is 0.870. The van der Waals surface area contributed by atoms with Gasteiger partial charge in [0.1, 0.15) is 5.54 Å². The maximum absolute atomic E-state index is 2.50. The van der Waals surface area contributed by atoms with Gasteiger partial charge in [0.15, 0.2) is 0 Å². The zero-order chi connectivity index (χ0) is 34.5. The van der Waals surface area contributed by atoms with Gasteiger partial charge in [-0.3, -0.25) is 0 Å². The molecular formula is C46H88N+. The summed E-state index contributed by atoms with van der Waals surface area (Å²) in [4.78, 5) is 0. The van der Waals surface area contributed by atoms with Gasteiger partial charge >= 0.3 is 0 Å². The fourth-order valence-corrected chi connectivity index (χ4v) is 7.79. The van der Waals surface area contributed by atoms with Gasteiger partial charge in [-0.2, -0.15) is 0 Å². The van der Waals surface area contributed by atoms with Gasteiger partial charge in [-0.25, -0.2) is 0 Å². The van der Waals surface area contributed by atoms with Crippen molar-refractivity contribution in [2.24, 2.45) is 0 Å². The Morgan fingerprint density at radius 2 is 0.766 bits per heavy atom. The SMILES string of the molecule is CCCCCCCCCCCCCCCCCCc1cccc(C(C)(C)[N+](C)(C)CCCCCCCCCCCCCCCC)c1C. The number of nitrogens with zero attached hydrogens (tertiary/aromatic N) is 1. The topological polar surface area (TPSA) is 0 Å². The van der Waals surface area contributed by atoms with Crippen LogP contribution in [0.4, 0.5) is 0 Å². The second-order valence-corrected chi connectivity index (χ2v) is 16.7. The van der Waals surface area contributed by atoms with Gasteiger partial charge < -0.3 is 4.48 Å². The molecule has 0 saturated heterocycles. The molecule has 0 aliphatic heterocycles. The van der Waals surface area contributed by atoms with Gasteiger partial charge in [0.2, 0.25) is 0 Å². The van der Waals surface area contributed by atoms with Gasteiger partial charge in [0.05, 0.1) is 20.6 Å². The first kappa shape index (κ1) is 44.2. The van der Waals surface area contributed by atoms with Crippen LogP contribution in [-0.4, -0.2) is 25.1 Å². The second-order valence-electron chi connectivity index (χ2n) is 16.7. The van der Waals surface area contributed by atoms with Crippen molar-refractivity contribution in [3.8, 4) is 0 Å². The molecule has 0 fully saturated rings. The van der Waals surface area contributed by atoms with Gasteiger partial charge in [0.25, 0.3) is 0 Å². The molecule has 1 aromatic rings. The van der Waals surface area contributed by atoms with Crippen molar-refractivity contribution in [2.45, 2.75) is 239 Å². The van der Waals surface area contributed by atoms with Crippen molar-refractivity contribution in [1.82, 2.24) is 0 Å². The van der Waals surface area contributed by atoms with E-state index >= 15 is 0 Å². The summed E-state index contributed by atoms with van der Waals surface area (Å²) in [7, 11) is 4.95. The molecule has 0 atom stereocenters. The Labute approximate surface area is 298 Å². The van der Waals surface area contributed by atoms with E-state index in [2.05, 4.69) is 66.9 Å². The number of quaternary nitrogens is 1. The second kappa shape index (κ2) is 29.0. The predicted molar refractivity (Wildman–Crippen MR) is 215 cm³/mol. The lowest BCUT2D eigenvalue weighted by Crippen LogP contribution is -2.54. The van der Waals surface area contributed by atoms with Crippen LogP contribution in [0.25, 0.3) is 0 Å². The smallest absolute Gasteiger partial charge is 0.119 e. The molecule has 0 unspecified atom stereocenters. The first-order valence-electron chi connectivity index (χ1n) is 21.7. The van der Waals surface area contributed by atoms with Crippen LogP contribution in [0.15, 0.2) is 18.2 Å². The zero-order valence-electron chi connectivity index (χ0n) is 33.8. The van der Waals surface area contributed by atoms with E-state index in [9.17, 15) is 0 Å². The lowest BCUT2D eigenvalue weighted by Gasteiger charge is -2.46. The molecule has 1 nitrogen and oxygen atoms in total. The average Bonchev–Trinajstić information content (AvgIpc) is 3.05. The molecule has 0 heterocycles. The summed E-state index contributed by atoms with van der Waals surface area (Å²) in [5, 5.41) is 0. The van der Waals surface area contributed by atoms with E-state index in [-0.39, 0.29) is 5.54 Å². The highest BCUT2D eigenvalue weighted by Crippen LogP contribution is 2.36. The fourth-order valence-electron chi connectivity index (χ4n) is 7.79. The molecular weight excluding hydrogens is 567 g/mol. The molecule has 0 amide bonds. The van der Waals surface area contributed by atoms with Crippen molar-refractivity contribution < 1.29 is 4.48 Å². The minimum absolute atomic E-state index is 0.130. The number of hydrogen-bond acceptors (Lipinski definition) is 0. The van der Waals surface area contributed by atoms with Crippen LogP contribution in [0.2, 0.25) is 0 Å². The molecule has 0 N–H and O–H groups in total. The van der Waals surface area contributed by atoms with Gasteiger partial charge in [-0.15, -0.1) is 0 Å². The van der Waals surface area contributed by atoms with Crippen molar-refractivity contribution in [3.63, 3.8) is 0 Å². The molecule has 0 aromatic heterocycles. The summed E-state index contributed by atoms with van der Waals surface area (Å²) < 4.78 is 1.08. The van der Waals surface area contributed by atoms with E-state index in [1.54, 1.807) is 16.7 Å². The summed E-state index contributed by atoms with van der Waals surface area (Å²) in [6.07, 6.45) is 44.4. The number of unbranched alkanes of at least 4 members (excludes halogenated alkanes) is 28. The molecule has 0 radical (unpaired) electrons. The van der Waals surface area contributed by atoms with Crippen LogP contribution < -0.4 is 0 Å². The van der Waals surface area contributed by atoms with Crippen LogP contribution in [0, 0.1) is 6.92 Å². The number of aryl methyl sites for hydroxylation is 1. The van der Waals surface area contributed by atoms with E-state index in [1.807, 2.05) is 0 Å². The highest BCUT2D eigenvalue weighted by molar-refractivity contribution is 5.37. The third-order valence-corrected chi connectivity index (χ3v) is 12.0. The average molecular weight is 655 g/mol. The Morgan fingerprint density at radius 1 is 0.447 bits per heavy atom. The first-order chi connectivity index (χ1) is 22.8. The van der Waals surface area contributed by atoms with Crippen molar-refractivity contribution in [2.75, 3.05) is 20.6 Å². The van der Waals surface area contributed by atoms with Crippen molar-refractivity contribution in [3.05, 3.63) is 34.9 Å². The van der Waals surface area contributed by atoms with Crippen molar-refractivity contribution in [1.29, 1.82) is 0 Å². The summed E-state index contributed by atoms with van der Waals surface area (Å²) in [5.41, 5.74) is 4.86. The standard InChI is InChI=1S/C46H88N/c1-8-10-12-14-16-18-20-22-24-25-26-28-30-32-34-36-39-44-40-38-41-45(43(44)3)46(4,5)47(6,7)42-37-35-33-31-29-27-23-21-19-17-15-13-11-9-2/h38,40-41H,8-37,39,42H2,1-7H3/q+1. The van der Waals surface area contributed by atoms with E-state index in [0.29, 0.717) is 0 Å². The van der Waals surface area contributed by atoms with Crippen LogP contribution >= 0.6 is 0 Å². The molecule has 0 bridgehead atoms. The molecule has 0 spiro atoms. The molecule has 1 rings (SSSR count). The molecule has 47 heavy (non-hydrogen) atoms. The minimum Gasteiger partial charge on any atom is -0.320 e. The summed E-state index contributed by atoms with van der Waals surface area (Å²) in [6, 6.07) is 7.18. The van der Waals surface area contributed by atoms with Gasteiger partial charge in [-0.05, 0) is 57.6 Å². The molecule has 0 aliphatic rings. The van der Waals surface area contributed by atoms with Crippen LogP contribution in [0.1, 0.15) is 237 Å². The van der Waals surface area contributed by atoms with Crippen molar-refractivity contribution >= 4 is 0 Å². The monoisotopic (exact) mass is 655 g/mol. The maximum Gasteiger partial charge on any atom is 0.119 e. The number of hydrogen-bond donors (Lipinski definition) is 0. The number of benzene rings is 1. The lowest BCUT2D eigenvalue weighted by atomic mass is 9.84. The first-order valence-corrected chi connectivity index (χ1v) is 21.7. The van der Waals surface area contributed by atoms with E-state index in [0.717, 1.165) is 4.48 Å².